The molecule has 3 N–H and O–H groups in total. The van der Waals surface area contributed by atoms with Gasteiger partial charge in [-0.05, 0) is 42.2 Å². The molecule has 0 saturated heterocycles. The Kier molecular flexibility index (Phi) is 4.05. The van der Waals surface area contributed by atoms with Gasteiger partial charge in [0.05, 0.1) is 6.04 Å². The van der Waals surface area contributed by atoms with E-state index in [1.165, 1.54) is 11.6 Å². The second-order valence-electron chi connectivity index (χ2n) is 5.45. The minimum Gasteiger partial charge on any atom is -0.508 e. The van der Waals surface area contributed by atoms with Crippen molar-refractivity contribution in [1.29, 1.82) is 0 Å². The molecule has 5 heteroatoms. The summed E-state index contributed by atoms with van der Waals surface area (Å²) in [6, 6.07) is 11.9. The number of phenols is 1. The van der Waals surface area contributed by atoms with Gasteiger partial charge in [0, 0.05) is 17.3 Å². The van der Waals surface area contributed by atoms with E-state index < -0.39 is 6.04 Å². The van der Waals surface area contributed by atoms with Crippen LogP contribution in [0.1, 0.15) is 11.1 Å². The number of amides is 1. The van der Waals surface area contributed by atoms with Crippen molar-refractivity contribution in [3.63, 3.8) is 0 Å². The Morgan fingerprint density at radius 1 is 1.32 bits per heavy atom. The highest BCUT2D eigenvalue weighted by Crippen LogP contribution is 2.28. The van der Waals surface area contributed by atoms with Crippen molar-refractivity contribution < 1.29 is 9.90 Å². The number of aromatic hydroxyl groups is 1. The van der Waals surface area contributed by atoms with Crippen molar-refractivity contribution in [2.45, 2.75) is 18.9 Å². The first-order valence-electron chi connectivity index (χ1n) is 7.18. The summed E-state index contributed by atoms with van der Waals surface area (Å²) in [7, 11) is 0. The van der Waals surface area contributed by atoms with Crippen LogP contribution in [0.3, 0.4) is 0 Å². The van der Waals surface area contributed by atoms with E-state index in [1.54, 1.807) is 17.0 Å². The number of rotatable bonds is 3. The van der Waals surface area contributed by atoms with Gasteiger partial charge in [-0.2, -0.15) is 0 Å². The number of fused-ring (bicyclic) bond motifs is 1. The van der Waals surface area contributed by atoms with Crippen LogP contribution in [0.5, 0.6) is 5.75 Å². The second kappa shape index (κ2) is 5.99. The molecule has 3 rings (SSSR count). The molecule has 22 heavy (non-hydrogen) atoms. The Balaban J connectivity index is 1.76. The van der Waals surface area contributed by atoms with Crippen molar-refractivity contribution in [3.8, 4) is 5.75 Å². The van der Waals surface area contributed by atoms with Crippen LogP contribution < -0.4 is 10.6 Å². The second-order valence-corrected chi connectivity index (χ2v) is 5.86. The predicted octanol–water partition coefficient (Wildman–Crippen LogP) is 2.50. The van der Waals surface area contributed by atoms with Gasteiger partial charge in [0.1, 0.15) is 5.75 Å². The maximum Gasteiger partial charge on any atom is 0.244 e. The fourth-order valence-corrected chi connectivity index (χ4v) is 3.05. The number of anilines is 1. The van der Waals surface area contributed by atoms with Crippen molar-refractivity contribution in [3.05, 3.63) is 58.6 Å². The number of hydrogen-bond donors (Lipinski definition) is 2. The first kappa shape index (κ1) is 14.9. The van der Waals surface area contributed by atoms with Gasteiger partial charge in [-0.1, -0.05) is 35.9 Å². The van der Waals surface area contributed by atoms with Crippen molar-refractivity contribution in [2.75, 3.05) is 11.4 Å². The van der Waals surface area contributed by atoms with Crippen LogP contribution in [0.4, 0.5) is 5.69 Å². The third kappa shape index (κ3) is 2.80. The summed E-state index contributed by atoms with van der Waals surface area (Å²) in [5, 5.41) is 9.79. The number of nitrogens with two attached hydrogens (primary N) is 1. The molecule has 2 aromatic carbocycles. The van der Waals surface area contributed by atoms with Crippen LogP contribution in [0, 0.1) is 0 Å². The Bertz CT molecular complexity index is 718. The van der Waals surface area contributed by atoms with E-state index in [4.69, 9.17) is 17.3 Å². The Morgan fingerprint density at radius 3 is 2.86 bits per heavy atom. The largest absolute Gasteiger partial charge is 0.508 e. The number of nitrogens with zero attached hydrogens (tertiary/aromatic N) is 1. The third-order valence-electron chi connectivity index (χ3n) is 3.95. The zero-order valence-electron chi connectivity index (χ0n) is 12.0. The quantitative estimate of drug-likeness (QED) is 0.914. The molecule has 0 bridgehead atoms. The lowest BCUT2D eigenvalue weighted by Crippen LogP contribution is -2.44. The Labute approximate surface area is 134 Å². The standard InChI is InChI=1S/C17H17ClN2O2/c18-14-10-13(21)6-5-12(14)9-15(19)17(22)20-8-7-11-3-1-2-4-16(11)20/h1-6,10,15,21H,7-9,19H2. The highest BCUT2D eigenvalue weighted by molar-refractivity contribution is 6.31. The molecule has 1 unspecified atom stereocenters. The topological polar surface area (TPSA) is 66.6 Å². The van der Waals surface area contributed by atoms with E-state index in [9.17, 15) is 9.90 Å². The normalized spacial score (nSPS) is 14.7. The zero-order valence-corrected chi connectivity index (χ0v) is 12.8. The fraction of sp³-hybridized carbons (Fsp3) is 0.235. The summed E-state index contributed by atoms with van der Waals surface area (Å²) < 4.78 is 0. The van der Waals surface area contributed by atoms with Gasteiger partial charge in [-0.25, -0.2) is 0 Å². The third-order valence-corrected chi connectivity index (χ3v) is 4.30. The van der Waals surface area contributed by atoms with Crippen LogP contribution >= 0.6 is 11.6 Å². The highest BCUT2D eigenvalue weighted by atomic mass is 35.5. The van der Waals surface area contributed by atoms with Gasteiger partial charge in [-0.15, -0.1) is 0 Å². The lowest BCUT2D eigenvalue weighted by Gasteiger charge is -2.22. The number of carbonyl (C=O) groups is 1. The molecule has 1 aliphatic heterocycles. The first-order valence-corrected chi connectivity index (χ1v) is 7.56. The van der Waals surface area contributed by atoms with E-state index in [2.05, 4.69) is 0 Å². The molecule has 1 amide bonds. The summed E-state index contributed by atoms with van der Waals surface area (Å²) >= 11 is 6.08. The zero-order chi connectivity index (χ0) is 15.7. The van der Waals surface area contributed by atoms with E-state index in [-0.39, 0.29) is 11.7 Å². The summed E-state index contributed by atoms with van der Waals surface area (Å²) in [6.07, 6.45) is 1.20. The van der Waals surface area contributed by atoms with E-state index in [0.717, 1.165) is 17.7 Å². The van der Waals surface area contributed by atoms with E-state index >= 15 is 0 Å². The van der Waals surface area contributed by atoms with E-state index in [1.807, 2.05) is 24.3 Å². The lowest BCUT2D eigenvalue weighted by atomic mass is 10.0. The molecule has 1 atom stereocenters. The van der Waals surface area contributed by atoms with Gasteiger partial charge in [0.25, 0.3) is 0 Å². The van der Waals surface area contributed by atoms with Gasteiger partial charge in [-0.3, -0.25) is 4.79 Å². The average Bonchev–Trinajstić information content (AvgIpc) is 2.93. The molecule has 2 aromatic rings. The summed E-state index contributed by atoms with van der Waals surface area (Å²) in [6.45, 7) is 0.662. The number of phenolic OH excluding ortho intramolecular Hbond substituents is 1. The molecule has 114 valence electrons. The number of hydrogen-bond acceptors (Lipinski definition) is 3. The van der Waals surface area contributed by atoms with Gasteiger partial charge < -0.3 is 15.7 Å². The molecule has 0 fully saturated rings. The van der Waals surface area contributed by atoms with Crippen LogP contribution in [0.25, 0.3) is 0 Å². The molecular weight excluding hydrogens is 300 g/mol. The van der Waals surface area contributed by atoms with Crippen LogP contribution in [-0.2, 0) is 17.6 Å². The minimum atomic E-state index is -0.659. The maximum atomic E-state index is 12.6. The molecule has 0 spiro atoms. The molecule has 0 aliphatic carbocycles. The van der Waals surface area contributed by atoms with Gasteiger partial charge >= 0.3 is 0 Å². The van der Waals surface area contributed by atoms with Crippen molar-refractivity contribution >= 4 is 23.2 Å². The summed E-state index contributed by atoms with van der Waals surface area (Å²) in [5.41, 5.74) is 8.95. The van der Waals surface area contributed by atoms with Crippen LogP contribution in [-0.4, -0.2) is 23.6 Å². The maximum absolute atomic E-state index is 12.6. The van der Waals surface area contributed by atoms with Crippen LogP contribution in [0.15, 0.2) is 42.5 Å². The monoisotopic (exact) mass is 316 g/mol. The van der Waals surface area contributed by atoms with Gasteiger partial charge in [0.2, 0.25) is 5.91 Å². The smallest absolute Gasteiger partial charge is 0.244 e. The molecule has 1 aliphatic rings. The SMILES string of the molecule is NC(Cc1ccc(O)cc1Cl)C(=O)N1CCc2ccccc21. The molecule has 1 heterocycles. The molecular formula is C17H17ClN2O2. The first-order chi connectivity index (χ1) is 10.6. The van der Waals surface area contributed by atoms with Crippen molar-refractivity contribution in [2.24, 2.45) is 5.73 Å². The lowest BCUT2D eigenvalue weighted by molar-refractivity contribution is -0.119. The minimum absolute atomic E-state index is 0.0992. The summed E-state index contributed by atoms with van der Waals surface area (Å²) in [4.78, 5) is 14.3. The molecule has 4 nitrogen and oxygen atoms in total. The van der Waals surface area contributed by atoms with Gasteiger partial charge in [0.15, 0.2) is 0 Å². The Hall–Kier alpha value is -2.04. The molecule has 0 saturated carbocycles. The number of para-hydroxylation sites is 1. The van der Waals surface area contributed by atoms with Crippen LogP contribution in [0.2, 0.25) is 5.02 Å². The fourth-order valence-electron chi connectivity index (χ4n) is 2.79. The summed E-state index contributed by atoms with van der Waals surface area (Å²) in [5.74, 6) is -0.00351. The van der Waals surface area contributed by atoms with E-state index in [0.29, 0.717) is 18.0 Å². The number of benzene rings is 2. The number of carbonyl (C=O) groups excluding carboxylic acids is 1. The Morgan fingerprint density at radius 2 is 2.09 bits per heavy atom. The highest BCUT2D eigenvalue weighted by Gasteiger charge is 2.28. The van der Waals surface area contributed by atoms with Crippen molar-refractivity contribution in [1.82, 2.24) is 0 Å². The predicted molar refractivity (Wildman–Crippen MR) is 87.3 cm³/mol. The number of halogens is 1. The average molecular weight is 317 g/mol. The molecule has 0 aromatic heterocycles. The molecule has 0 radical (unpaired) electrons.